The van der Waals surface area contributed by atoms with Crippen LogP contribution >= 0.6 is 22.9 Å². The number of rotatable bonds is 8. The minimum absolute atomic E-state index is 0.0920. The molecule has 2 saturated heterocycles. The highest BCUT2D eigenvalue weighted by atomic mass is 35.5. The number of thiazole rings is 1. The van der Waals surface area contributed by atoms with E-state index in [4.69, 9.17) is 21.3 Å². The number of fused-ring (bicyclic) bond motifs is 1. The molecule has 4 aromatic rings. The van der Waals surface area contributed by atoms with Gasteiger partial charge in [0.25, 0.3) is 5.56 Å². The van der Waals surface area contributed by atoms with Gasteiger partial charge in [0, 0.05) is 72.8 Å². The molecule has 2 fully saturated rings. The number of aromatic nitrogens is 2. The number of hydrogen-bond acceptors (Lipinski definition) is 10. The Kier molecular flexibility index (Phi) is 9.13. The lowest BCUT2D eigenvalue weighted by Gasteiger charge is -2.38. The van der Waals surface area contributed by atoms with Crippen molar-refractivity contribution in [2.45, 2.75) is 12.1 Å². The molecule has 0 spiro atoms. The average Bonchev–Trinajstić information content (AvgIpc) is 3.76. The van der Waals surface area contributed by atoms with E-state index >= 15 is 0 Å². The molecule has 17 heteroatoms. The quantitative estimate of drug-likeness (QED) is 0.256. The summed E-state index contributed by atoms with van der Waals surface area (Å²) in [6.45, 7) is 1.70. The number of piperazine rings is 1. The van der Waals surface area contributed by atoms with Crippen LogP contribution in [0.5, 0.6) is 0 Å². The van der Waals surface area contributed by atoms with Gasteiger partial charge in [0.1, 0.15) is 17.7 Å². The number of pyridine rings is 1. The molecule has 13 nitrogen and oxygen atoms in total. The molecule has 2 aromatic carbocycles. The lowest BCUT2D eigenvalue weighted by atomic mass is 9.95. The molecule has 0 saturated carbocycles. The third kappa shape index (κ3) is 6.48. The number of carbonyl (C=O) groups is 3. The Hall–Kier alpha value is -5.45. The number of halogens is 3. The van der Waals surface area contributed by atoms with Gasteiger partial charge in [-0.2, -0.15) is 0 Å². The van der Waals surface area contributed by atoms with Crippen LogP contribution in [0.1, 0.15) is 27.0 Å². The summed E-state index contributed by atoms with van der Waals surface area (Å²) in [6.07, 6.45) is 2.98. The number of carboxylic acid groups (broad SMARTS) is 1. The van der Waals surface area contributed by atoms with Crippen molar-refractivity contribution < 1.29 is 33.0 Å². The van der Waals surface area contributed by atoms with Crippen LogP contribution < -0.4 is 15.8 Å². The number of aliphatic imine (C=N–C) groups is 1. The number of ether oxygens (including phenoxy) is 1. The molecule has 51 heavy (non-hydrogen) atoms. The minimum atomic E-state index is -1.31. The summed E-state index contributed by atoms with van der Waals surface area (Å²) < 4.78 is 35.2. The fraction of sp³-hybridized carbons (Fsp3) is 0.235. The van der Waals surface area contributed by atoms with Crippen molar-refractivity contribution in [1.29, 1.82) is 0 Å². The monoisotopic (exact) mass is 735 g/mol. The standard InChI is InChI=1S/C34H28ClF2N7O6S/c1-50-33(48)28-25(39-30(31-38-8-11-51-31)40-29(28)22-5-3-19(36)13-23(22)35)17-41-9-10-42-21(14-41)16-43(34(42)49)20-4-7-27(45)44(15-20)26-6-2-18(32(46)47)12-24(26)37/h2-8,11-13,15,21,29H,9-10,14,16-17H2,1H3,(H,39,40)(H,46,47). The first-order valence-electron chi connectivity index (χ1n) is 15.6. The van der Waals surface area contributed by atoms with Gasteiger partial charge in [-0.05, 0) is 36.4 Å². The summed E-state index contributed by atoms with van der Waals surface area (Å²) in [7, 11) is 1.26. The number of benzene rings is 2. The molecule has 7 rings (SSSR count). The Balaban J connectivity index is 1.16. The van der Waals surface area contributed by atoms with E-state index in [0.29, 0.717) is 47.4 Å². The third-order valence-electron chi connectivity index (χ3n) is 8.90. The third-order valence-corrected chi connectivity index (χ3v) is 10.0. The topological polar surface area (TPSA) is 150 Å². The maximum absolute atomic E-state index is 14.9. The number of aromatic carboxylic acids is 1. The number of urea groups is 1. The number of amidine groups is 1. The van der Waals surface area contributed by atoms with Gasteiger partial charge in [0.05, 0.1) is 35.7 Å². The molecule has 2 amide bonds. The number of nitrogens with one attached hydrogen (secondary N) is 1. The van der Waals surface area contributed by atoms with E-state index in [9.17, 15) is 33.1 Å². The zero-order valence-electron chi connectivity index (χ0n) is 26.8. The Morgan fingerprint density at radius 3 is 2.63 bits per heavy atom. The number of anilines is 1. The Labute approximate surface area is 297 Å². The fourth-order valence-electron chi connectivity index (χ4n) is 6.48. The summed E-state index contributed by atoms with van der Waals surface area (Å²) in [5.41, 5.74) is 0.470. The maximum Gasteiger partial charge on any atom is 0.338 e. The van der Waals surface area contributed by atoms with E-state index in [1.165, 1.54) is 65.9 Å². The molecule has 0 radical (unpaired) electrons. The van der Waals surface area contributed by atoms with Gasteiger partial charge in [-0.15, -0.1) is 11.3 Å². The van der Waals surface area contributed by atoms with Crippen LogP contribution in [0.2, 0.25) is 5.02 Å². The Bertz CT molecular complexity index is 2190. The second-order valence-electron chi connectivity index (χ2n) is 11.9. The molecular weight excluding hydrogens is 708 g/mol. The second-order valence-corrected chi connectivity index (χ2v) is 13.2. The Morgan fingerprint density at radius 2 is 1.92 bits per heavy atom. The molecule has 2 atom stereocenters. The van der Waals surface area contributed by atoms with Crippen LogP contribution in [-0.4, -0.2) is 94.1 Å². The van der Waals surface area contributed by atoms with Crippen molar-refractivity contribution in [2.75, 3.05) is 44.7 Å². The van der Waals surface area contributed by atoms with E-state index in [2.05, 4.69) is 15.2 Å². The highest BCUT2D eigenvalue weighted by Crippen LogP contribution is 2.37. The van der Waals surface area contributed by atoms with Crippen LogP contribution in [0, 0.1) is 11.6 Å². The maximum atomic E-state index is 14.9. The molecule has 2 aromatic heterocycles. The highest BCUT2D eigenvalue weighted by Gasteiger charge is 2.42. The first-order chi connectivity index (χ1) is 24.5. The van der Waals surface area contributed by atoms with Crippen LogP contribution in [0.3, 0.4) is 0 Å². The van der Waals surface area contributed by atoms with Crippen LogP contribution in [0.4, 0.5) is 19.3 Å². The minimum Gasteiger partial charge on any atom is -0.478 e. The van der Waals surface area contributed by atoms with Gasteiger partial charge < -0.3 is 20.1 Å². The smallest absolute Gasteiger partial charge is 0.338 e. The average molecular weight is 736 g/mol. The largest absolute Gasteiger partial charge is 0.478 e. The van der Waals surface area contributed by atoms with Crippen molar-refractivity contribution in [3.05, 3.63) is 121 Å². The van der Waals surface area contributed by atoms with E-state index in [1.54, 1.807) is 16.5 Å². The summed E-state index contributed by atoms with van der Waals surface area (Å²) in [4.78, 5) is 65.5. The number of hydrogen-bond donors (Lipinski definition) is 2. The molecule has 0 bridgehead atoms. The van der Waals surface area contributed by atoms with E-state index < -0.39 is 35.2 Å². The molecule has 0 aliphatic carbocycles. The molecule has 2 N–H and O–H groups in total. The first-order valence-corrected chi connectivity index (χ1v) is 16.9. The summed E-state index contributed by atoms with van der Waals surface area (Å²) in [5.74, 6) is -2.99. The second kappa shape index (κ2) is 13.7. The van der Waals surface area contributed by atoms with Crippen molar-refractivity contribution in [1.82, 2.24) is 24.7 Å². The lowest BCUT2D eigenvalue weighted by Crippen LogP contribution is -2.53. The predicted molar refractivity (Wildman–Crippen MR) is 184 cm³/mol. The summed E-state index contributed by atoms with van der Waals surface area (Å²) >= 11 is 7.82. The van der Waals surface area contributed by atoms with Crippen LogP contribution in [-0.2, 0) is 9.53 Å². The van der Waals surface area contributed by atoms with Gasteiger partial charge in [-0.1, -0.05) is 17.7 Å². The predicted octanol–water partition coefficient (Wildman–Crippen LogP) is 4.07. The van der Waals surface area contributed by atoms with E-state index in [0.717, 1.165) is 16.7 Å². The highest BCUT2D eigenvalue weighted by molar-refractivity contribution is 7.11. The number of esters is 1. The van der Waals surface area contributed by atoms with Crippen molar-refractivity contribution in [3.8, 4) is 5.69 Å². The summed E-state index contributed by atoms with van der Waals surface area (Å²) in [6, 6.07) is 8.32. The first kappa shape index (κ1) is 34.0. The molecule has 262 valence electrons. The van der Waals surface area contributed by atoms with Crippen molar-refractivity contribution in [3.63, 3.8) is 0 Å². The SMILES string of the molecule is COC(=O)C1=C(CN2CCN3C(=O)N(c4ccc(=O)n(-c5ccc(C(=O)O)cc5F)c4)CC3C2)NC(c2nccs2)=NC1c1ccc(F)cc1Cl. The summed E-state index contributed by atoms with van der Waals surface area (Å²) in [5, 5.41) is 14.9. The number of nitrogens with zero attached hydrogens (tertiary/aromatic N) is 6. The number of carbonyl (C=O) groups excluding carboxylic acids is 2. The normalized spacial score (nSPS) is 19.1. The Morgan fingerprint density at radius 1 is 1.10 bits per heavy atom. The molecular formula is C34H28ClF2N7O6S. The lowest BCUT2D eigenvalue weighted by molar-refractivity contribution is -0.136. The number of methoxy groups -OCH3 is 1. The van der Waals surface area contributed by atoms with E-state index in [-0.39, 0.29) is 47.0 Å². The zero-order valence-corrected chi connectivity index (χ0v) is 28.3. The molecule has 3 aliphatic rings. The number of amides is 2. The van der Waals surface area contributed by atoms with Crippen LogP contribution in [0.15, 0.2) is 87.4 Å². The van der Waals surface area contributed by atoms with Crippen molar-refractivity contribution in [2.24, 2.45) is 4.99 Å². The van der Waals surface area contributed by atoms with Gasteiger partial charge in [-0.3, -0.25) is 24.2 Å². The molecule has 2 unspecified atom stereocenters. The molecule has 5 heterocycles. The zero-order chi connectivity index (χ0) is 36.0. The molecule has 3 aliphatic heterocycles. The van der Waals surface area contributed by atoms with Gasteiger partial charge in [0.2, 0.25) is 0 Å². The van der Waals surface area contributed by atoms with Crippen LogP contribution in [0.25, 0.3) is 5.69 Å². The van der Waals surface area contributed by atoms with Gasteiger partial charge in [0.15, 0.2) is 10.8 Å². The fourth-order valence-corrected chi connectivity index (χ4v) is 7.34. The van der Waals surface area contributed by atoms with E-state index in [1.807, 2.05) is 0 Å². The van der Waals surface area contributed by atoms with Gasteiger partial charge in [-0.25, -0.2) is 28.1 Å². The number of carboxylic acids is 1. The van der Waals surface area contributed by atoms with Crippen molar-refractivity contribution >= 4 is 52.4 Å². The van der Waals surface area contributed by atoms with Gasteiger partial charge >= 0.3 is 18.0 Å².